The molecule has 2 N–H and O–H groups in total. The Hall–Kier alpha value is -0.430. The molecular formula is C10H18N2O2S2. The standard InChI is InChI=1S/C10H18N2O2S2/c1-8-4-5-10(15-8)9(2)12-16(13,14)7-6-11-3/h4-5,9,11-12H,6-7H2,1-3H3. The summed E-state index contributed by atoms with van der Waals surface area (Å²) < 4.78 is 25.9. The lowest BCUT2D eigenvalue weighted by atomic mass is 10.3. The number of sulfonamides is 1. The highest BCUT2D eigenvalue weighted by molar-refractivity contribution is 7.89. The van der Waals surface area contributed by atoms with Gasteiger partial charge in [-0.15, -0.1) is 11.3 Å². The van der Waals surface area contributed by atoms with E-state index >= 15 is 0 Å². The van der Waals surface area contributed by atoms with Crippen molar-refractivity contribution in [2.45, 2.75) is 19.9 Å². The Morgan fingerprint density at radius 2 is 2.12 bits per heavy atom. The van der Waals surface area contributed by atoms with E-state index in [0.717, 1.165) is 4.88 Å². The smallest absolute Gasteiger partial charge is 0.213 e. The average molecular weight is 262 g/mol. The number of hydrogen-bond donors (Lipinski definition) is 2. The van der Waals surface area contributed by atoms with E-state index in [1.165, 1.54) is 4.88 Å². The first-order valence-corrected chi connectivity index (χ1v) is 7.62. The highest BCUT2D eigenvalue weighted by Gasteiger charge is 2.16. The minimum Gasteiger partial charge on any atom is -0.319 e. The fraction of sp³-hybridized carbons (Fsp3) is 0.600. The molecule has 1 aromatic rings. The van der Waals surface area contributed by atoms with Gasteiger partial charge in [-0.1, -0.05) is 0 Å². The van der Waals surface area contributed by atoms with E-state index in [4.69, 9.17) is 0 Å². The van der Waals surface area contributed by atoms with Gasteiger partial charge in [-0.05, 0) is 33.0 Å². The SMILES string of the molecule is CNCCS(=O)(=O)NC(C)c1ccc(C)s1. The fourth-order valence-corrected chi connectivity index (χ4v) is 3.52. The zero-order valence-corrected chi connectivity index (χ0v) is 11.4. The van der Waals surface area contributed by atoms with Gasteiger partial charge in [0.1, 0.15) is 0 Å². The molecule has 16 heavy (non-hydrogen) atoms. The normalized spacial score (nSPS) is 13.9. The van der Waals surface area contributed by atoms with Gasteiger partial charge in [-0.2, -0.15) is 0 Å². The lowest BCUT2D eigenvalue weighted by Gasteiger charge is -2.12. The van der Waals surface area contributed by atoms with Gasteiger partial charge in [0, 0.05) is 16.3 Å². The molecule has 0 saturated heterocycles. The number of nitrogens with one attached hydrogen (secondary N) is 2. The molecule has 0 aliphatic heterocycles. The predicted molar refractivity (Wildman–Crippen MR) is 68.3 cm³/mol. The molecule has 1 rings (SSSR count). The molecule has 0 aliphatic rings. The maximum Gasteiger partial charge on any atom is 0.213 e. The largest absolute Gasteiger partial charge is 0.319 e. The number of rotatable bonds is 6. The number of aryl methyl sites for hydroxylation is 1. The van der Waals surface area contributed by atoms with Gasteiger partial charge < -0.3 is 5.32 Å². The minimum absolute atomic E-state index is 0.109. The summed E-state index contributed by atoms with van der Waals surface area (Å²) in [4.78, 5) is 2.24. The third-order valence-electron chi connectivity index (χ3n) is 2.17. The molecular weight excluding hydrogens is 244 g/mol. The van der Waals surface area contributed by atoms with Gasteiger partial charge in [0.2, 0.25) is 10.0 Å². The summed E-state index contributed by atoms with van der Waals surface area (Å²) >= 11 is 1.62. The van der Waals surface area contributed by atoms with Crippen LogP contribution >= 0.6 is 11.3 Å². The van der Waals surface area contributed by atoms with Crippen LogP contribution in [0.4, 0.5) is 0 Å². The lowest BCUT2D eigenvalue weighted by Crippen LogP contribution is -2.32. The molecule has 1 aromatic heterocycles. The first-order chi connectivity index (χ1) is 7.44. The van der Waals surface area contributed by atoms with Gasteiger partial charge in [0.25, 0.3) is 0 Å². The maximum absolute atomic E-state index is 11.6. The van der Waals surface area contributed by atoms with Gasteiger partial charge in [0.05, 0.1) is 11.8 Å². The van der Waals surface area contributed by atoms with Crippen molar-refractivity contribution in [3.63, 3.8) is 0 Å². The Balaban J connectivity index is 2.60. The van der Waals surface area contributed by atoms with Crippen LogP contribution in [0.1, 0.15) is 22.7 Å². The minimum atomic E-state index is -3.19. The van der Waals surface area contributed by atoms with E-state index in [0.29, 0.717) is 6.54 Å². The molecule has 4 nitrogen and oxygen atoms in total. The Morgan fingerprint density at radius 3 is 2.62 bits per heavy atom. The van der Waals surface area contributed by atoms with Crippen LogP contribution in [0.2, 0.25) is 0 Å². The first-order valence-electron chi connectivity index (χ1n) is 5.15. The quantitative estimate of drug-likeness (QED) is 0.811. The second-order valence-corrected chi connectivity index (χ2v) is 6.90. The van der Waals surface area contributed by atoms with Crippen LogP contribution in [0, 0.1) is 6.92 Å². The van der Waals surface area contributed by atoms with Crippen molar-refractivity contribution in [1.29, 1.82) is 0 Å². The van der Waals surface area contributed by atoms with Gasteiger partial charge >= 0.3 is 0 Å². The summed E-state index contributed by atoms with van der Waals surface area (Å²) in [5.74, 6) is 0.109. The van der Waals surface area contributed by atoms with E-state index in [1.54, 1.807) is 18.4 Å². The highest BCUT2D eigenvalue weighted by Crippen LogP contribution is 2.22. The Kier molecular flexibility index (Phi) is 4.91. The molecule has 0 spiro atoms. The summed E-state index contributed by atoms with van der Waals surface area (Å²) in [5.41, 5.74) is 0. The Morgan fingerprint density at radius 1 is 1.44 bits per heavy atom. The van der Waals surface area contributed by atoms with Crippen molar-refractivity contribution in [1.82, 2.24) is 10.0 Å². The Bertz CT molecular complexity index is 426. The summed E-state index contributed by atoms with van der Waals surface area (Å²) in [7, 11) is -1.45. The van der Waals surface area contributed by atoms with Gasteiger partial charge in [-0.3, -0.25) is 0 Å². The molecule has 6 heteroatoms. The van der Waals surface area contributed by atoms with Crippen LogP contribution in [0.25, 0.3) is 0 Å². The molecule has 0 aliphatic carbocycles. The van der Waals surface area contributed by atoms with Gasteiger partial charge in [0.15, 0.2) is 0 Å². The predicted octanol–water partition coefficient (Wildman–Crippen LogP) is 1.26. The van der Waals surface area contributed by atoms with E-state index < -0.39 is 10.0 Å². The second-order valence-electron chi connectivity index (χ2n) is 3.71. The molecule has 0 bridgehead atoms. The summed E-state index contributed by atoms with van der Waals surface area (Å²) in [5, 5.41) is 2.82. The van der Waals surface area contributed by atoms with E-state index in [-0.39, 0.29) is 11.8 Å². The van der Waals surface area contributed by atoms with Crippen molar-refractivity contribution in [2.24, 2.45) is 0 Å². The number of thiophene rings is 1. The number of hydrogen-bond acceptors (Lipinski definition) is 4. The fourth-order valence-electron chi connectivity index (χ4n) is 1.31. The van der Waals surface area contributed by atoms with E-state index in [1.807, 2.05) is 26.0 Å². The zero-order valence-electron chi connectivity index (χ0n) is 9.78. The molecule has 0 amide bonds. The maximum atomic E-state index is 11.6. The average Bonchev–Trinajstić information content (AvgIpc) is 2.61. The van der Waals surface area contributed by atoms with Crippen LogP contribution in [-0.4, -0.2) is 27.8 Å². The van der Waals surface area contributed by atoms with Crippen LogP contribution in [0.3, 0.4) is 0 Å². The zero-order chi connectivity index (χ0) is 12.2. The van der Waals surface area contributed by atoms with Crippen LogP contribution in [0.5, 0.6) is 0 Å². The van der Waals surface area contributed by atoms with Crippen molar-refractivity contribution in [3.05, 3.63) is 21.9 Å². The first kappa shape index (κ1) is 13.6. The molecule has 0 fully saturated rings. The van der Waals surface area contributed by atoms with Crippen molar-refractivity contribution in [3.8, 4) is 0 Å². The Labute approximate surface area is 101 Å². The van der Waals surface area contributed by atoms with Crippen molar-refractivity contribution >= 4 is 21.4 Å². The monoisotopic (exact) mass is 262 g/mol. The molecule has 0 aromatic carbocycles. The summed E-state index contributed by atoms with van der Waals surface area (Å²) in [6.45, 7) is 4.34. The van der Waals surface area contributed by atoms with Crippen molar-refractivity contribution in [2.75, 3.05) is 19.3 Å². The second kappa shape index (κ2) is 5.77. The third kappa shape index (κ3) is 4.21. The summed E-state index contributed by atoms with van der Waals surface area (Å²) in [6, 6.07) is 3.81. The molecule has 92 valence electrons. The molecule has 1 unspecified atom stereocenters. The third-order valence-corrected chi connectivity index (χ3v) is 4.80. The van der Waals surface area contributed by atoms with E-state index in [2.05, 4.69) is 10.0 Å². The topological polar surface area (TPSA) is 58.2 Å². The van der Waals surface area contributed by atoms with Crippen LogP contribution < -0.4 is 10.0 Å². The molecule has 0 radical (unpaired) electrons. The summed E-state index contributed by atoms with van der Waals surface area (Å²) in [6.07, 6.45) is 0. The van der Waals surface area contributed by atoms with Gasteiger partial charge in [-0.25, -0.2) is 13.1 Å². The van der Waals surface area contributed by atoms with Crippen LogP contribution in [0.15, 0.2) is 12.1 Å². The lowest BCUT2D eigenvalue weighted by molar-refractivity contribution is 0.566. The van der Waals surface area contributed by atoms with Crippen LogP contribution in [-0.2, 0) is 10.0 Å². The molecule has 1 heterocycles. The molecule has 1 atom stereocenters. The van der Waals surface area contributed by atoms with Crippen molar-refractivity contribution < 1.29 is 8.42 Å². The van der Waals surface area contributed by atoms with E-state index in [9.17, 15) is 8.42 Å². The molecule has 0 saturated carbocycles. The highest BCUT2D eigenvalue weighted by atomic mass is 32.2.